The lowest BCUT2D eigenvalue weighted by Crippen LogP contribution is -2.33. The van der Waals surface area contributed by atoms with Gasteiger partial charge in [0.1, 0.15) is 0 Å². The minimum Gasteiger partial charge on any atom is -0.345 e. The summed E-state index contributed by atoms with van der Waals surface area (Å²) in [4.78, 5) is 9.77. The quantitative estimate of drug-likeness (QED) is 0.698. The van der Waals surface area contributed by atoms with Gasteiger partial charge in [0.15, 0.2) is 0 Å². The Kier molecular flexibility index (Phi) is 7.38. The van der Waals surface area contributed by atoms with Crippen LogP contribution in [0.3, 0.4) is 0 Å². The maximum Gasteiger partial charge on any atom is 0.205 e. The summed E-state index contributed by atoms with van der Waals surface area (Å²) in [6.07, 6.45) is 2.70. The molecule has 0 amide bonds. The smallest absolute Gasteiger partial charge is 0.205 e. The molecular formula is C18H24NO2PS. The number of nitrogens with one attached hydrogen (secondary N) is 1. The molecule has 0 bridgehead atoms. The lowest BCUT2D eigenvalue weighted by Gasteiger charge is -2.26. The number of benzene rings is 2. The molecule has 2 aromatic rings. The Morgan fingerprint density at radius 1 is 1.04 bits per heavy atom. The maximum atomic E-state index is 11.9. The number of thioether (sulfide) groups is 1. The van der Waals surface area contributed by atoms with E-state index in [2.05, 4.69) is 12.2 Å². The molecule has 0 spiro atoms. The molecule has 0 aromatic heterocycles. The number of rotatable bonds is 8. The molecule has 124 valence electrons. The second kappa shape index (κ2) is 9.29. The molecular weight excluding hydrogens is 325 g/mol. The van der Waals surface area contributed by atoms with Gasteiger partial charge in [0.2, 0.25) is 8.03 Å². The van der Waals surface area contributed by atoms with Gasteiger partial charge in [-0.05, 0) is 23.8 Å². The van der Waals surface area contributed by atoms with Crippen LogP contribution in [0.4, 0.5) is 0 Å². The second-order valence-electron chi connectivity index (χ2n) is 5.59. The monoisotopic (exact) mass is 349 g/mol. The molecule has 2 aromatic carbocycles. The van der Waals surface area contributed by atoms with E-state index in [9.17, 15) is 9.46 Å². The van der Waals surface area contributed by atoms with Gasteiger partial charge in [0, 0.05) is 5.25 Å². The average Bonchev–Trinajstić information content (AvgIpc) is 2.59. The van der Waals surface area contributed by atoms with E-state index in [4.69, 9.17) is 0 Å². The van der Waals surface area contributed by atoms with Crippen LogP contribution < -0.4 is 5.32 Å². The molecule has 0 heterocycles. The zero-order chi connectivity index (χ0) is 16.7. The van der Waals surface area contributed by atoms with Crippen LogP contribution in [0, 0.1) is 0 Å². The van der Waals surface area contributed by atoms with E-state index in [1.807, 2.05) is 66.9 Å². The molecule has 23 heavy (non-hydrogen) atoms. The highest BCUT2D eigenvalue weighted by molar-refractivity contribution is 7.99. The van der Waals surface area contributed by atoms with Gasteiger partial charge in [0.25, 0.3) is 0 Å². The van der Waals surface area contributed by atoms with E-state index in [0.29, 0.717) is 11.7 Å². The van der Waals surface area contributed by atoms with Crippen LogP contribution in [0.2, 0.25) is 0 Å². The highest BCUT2D eigenvalue weighted by Gasteiger charge is 2.23. The van der Waals surface area contributed by atoms with E-state index < -0.39 is 13.8 Å². The van der Waals surface area contributed by atoms with Gasteiger partial charge >= 0.3 is 0 Å². The molecule has 0 aliphatic carbocycles. The van der Waals surface area contributed by atoms with Crippen molar-refractivity contribution in [1.29, 1.82) is 0 Å². The fourth-order valence-corrected chi connectivity index (χ4v) is 3.97. The summed E-state index contributed by atoms with van der Waals surface area (Å²) in [7, 11) is -2.66. The van der Waals surface area contributed by atoms with Crippen LogP contribution in [-0.4, -0.2) is 22.2 Å². The summed E-state index contributed by atoms with van der Waals surface area (Å²) in [5.74, 6) is -0.395. The van der Waals surface area contributed by atoms with Crippen molar-refractivity contribution < 1.29 is 9.46 Å². The molecule has 3 unspecified atom stereocenters. The normalized spacial score (nSPS) is 15.3. The minimum absolute atomic E-state index is 0.0856. The van der Waals surface area contributed by atoms with Crippen molar-refractivity contribution in [2.45, 2.75) is 30.4 Å². The van der Waals surface area contributed by atoms with Crippen LogP contribution in [-0.2, 0) is 4.57 Å². The van der Waals surface area contributed by atoms with Crippen LogP contribution in [0.1, 0.15) is 30.5 Å². The molecule has 2 N–H and O–H groups in total. The van der Waals surface area contributed by atoms with Gasteiger partial charge in [-0.15, -0.1) is 0 Å². The summed E-state index contributed by atoms with van der Waals surface area (Å²) in [6.45, 7) is 2.09. The van der Waals surface area contributed by atoms with Gasteiger partial charge in [-0.2, -0.15) is 11.8 Å². The summed E-state index contributed by atoms with van der Waals surface area (Å²) < 4.78 is 11.9. The van der Waals surface area contributed by atoms with Crippen molar-refractivity contribution in [2.75, 3.05) is 6.26 Å². The first-order valence-corrected chi connectivity index (χ1v) is 10.5. The third-order valence-electron chi connectivity index (χ3n) is 3.90. The minimum atomic E-state index is -2.66. The van der Waals surface area contributed by atoms with Crippen molar-refractivity contribution in [3.05, 3.63) is 71.8 Å². The lowest BCUT2D eigenvalue weighted by atomic mass is 9.98. The van der Waals surface area contributed by atoms with Crippen LogP contribution >= 0.6 is 19.8 Å². The maximum absolute atomic E-state index is 11.9. The third-order valence-corrected chi connectivity index (χ3v) is 5.90. The molecule has 0 fully saturated rings. The van der Waals surface area contributed by atoms with E-state index in [1.165, 1.54) is 0 Å². The zero-order valence-corrected chi connectivity index (χ0v) is 15.3. The molecule has 3 nitrogen and oxygen atoms in total. The predicted molar refractivity (Wildman–Crippen MR) is 100 cm³/mol. The highest BCUT2D eigenvalue weighted by Crippen LogP contribution is 2.32. The first-order valence-electron chi connectivity index (χ1n) is 7.73. The molecule has 2 rings (SSSR count). The first-order chi connectivity index (χ1) is 11.1. The Morgan fingerprint density at radius 2 is 1.52 bits per heavy atom. The van der Waals surface area contributed by atoms with Gasteiger partial charge in [-0.3, -0.25) is 9.88 Å². The highest BCUT2D eigenvalue weighted by atomic mass is 32.2. The largest absolute Gasteiger partial charge is 0.345 e. The van der Waals surface area contributed by atoms with E-state index >= 15 is 0 Å². The lowest BCUT2D eigenvalue weighted by molar-refractivity contribution is 0.448. The fraction of sp³-hybridized carbons (Fsp3) is 0.333. The van der Waals surface area contributed by atoms with Crippen LogP contribution in [0.15, 0.2) is 60.7 Å². The summed E-state index contributed by atoms with van der Waals surface area (Å²) in [6, 6.07) is 20.1. The SMILES string of the molecule is CSC(C)CC(NC(c1ccccc1)c1ccccc1)[PH](=O)O. The van der Waals surface area contributed by atoms with E-state index in [-0.39, 0.29) is 6.04 Å². The number of hydrogen-bond donors (Lipinski definition) is 2. The standard InChI is InChI=1S/C18H24NO2PS/c1-14(23-2)13-17(22(20)21)19-18(15-9-5-3-6-10-15)16-11-7-4-8-12-16/h3-12,14,17-19,22H,13H2,1-2H3,(H,20,21). The Labute approximate surface area is 143 Å². The fourth-order valence-electron chi connectivity index (χ4n) is 2.55. The molecule has 3 atom stereocenters. The number of hydrogen-bond acceptors (Lipinski definition) is 3. The molecule has 0 saturated carbocycles. The Hall–Kier alpha value is -1.06. The summed E-state index contributed by atoms with van der Waals surface area (Å²) in [5.41, 5.74) is 2.20. The van der Waals surface area contributed by atoms with Crippen molar-refractivity contribution >= 4 is 19.8 Å². The van der Waals surface area contributed by atoms with E-state index in [1.54, 1.807) is 11.8 Å². The molecule has 0 saturated heterocycles. The Morgan fingerprint density at radius 3 is 1.91 bits per heavy atom. The van der Waals surface area contributed by atoms with Crippen LogP contribution in [0.5, 0.6) is 0 Å². The second-order valence-corrected chi connectivity index (χ2v) is 8.24. The van der Waals surface area contributed by atoms with Gasteiger partial charge in [-0.25, -0.2) is 0 Å². The third kappa shape index (κ3) is 5.50. The van der Waals surface area contributed by atoms with Crippen molar-refractivity contribution in [3.63, 3.8) is 0 Å². The first kappa shape index (κ1) is 18.3. The summed E-state index contributed by atoms with van der Waals surface area (Å²) >= 11 is 1.72. The topological polar surface area (TPSA) is 49.3 Å². The van der Waals surface area contributed by atoms with Crippen molar-refractivity contribution in [2.24, 2.45) is 0 Å². The molecule has 0 aliphatic rings. The van der Waals surface area contributed by atoms with Gasteiger partial charge < -0.3 is 4.89 Å². The Balaban J connectivity index is 2.28. The van der Waals surface area contributed by atoms with Crippen LogP contribution in [0.25, 0.3) is 0 Å². The van der Waals surface area contributed by atoms with Gasteiger partial charge in [0.05, 0.1) is 11.8 Å². The van der Waals surface area contributed by atoms with E-state index in [0.717, 1.165) is 11.1 Å². The molecule has 5 heteroatoms. The van der Waals surface area contributed by atoms with Crippen molar-refractivity contribution in [1.82, 2.24) is 5.32 Å². The molecule has 0 radical (unpaired) electrons. The molecule has 0 aliphatic heterocycles. The summed E-state index contributed by atoms with van der Waals surface area (Å²) in [5, 5.41) is 3.75. The Bertz CT molecular complexity index is 569. The zero-order valence-electron chi connectivity index (χ0n) is 13.5. The van der Waals surface area contributed by atoms with Crippen molar-refractivity contribution in [3.8, 4) is 0 Å². The predicted octanol–water partition coefficient (Wildman–Crippen LogP) is 4.30. The average molecular weight is 349 g/mol. The van der Waals surface area contributed by atoms with Gasteiger partial charge in [-0.1, -0.05) is 67.6 Å².